The Morgan fingerprint density at radius 2 is 1.33 bits per heavy atom. The van der Waals surface area contributed by atoms with Crippen LogP contribution in [-0.4, -0.2) is 0 Å². The van der Waals surface area contributed by atoms with Crippen molar-refractivity contribution in [3.8, 4) is 0 Å². The van der Waals surface area contributed by atoms with Crippen molar-refractivity contribution < 1.29 is 0 Å². The van der Waals surface area contributed by atoms with Crippen LogP contribution in [0.2, 0.25) is 0 Å². The van der Waals surface area contributed by atoms with Gasteiger partial charge in [-0.2, -0.15) is 0 Å². The molecule has 0 heteroatoms. The van der Waals surface area contributed by atoms with Gasteiger partial charge in [-0.05, 0) is 29.6 Å². The van der Waals surface area contributed by atoms with Gasteiger partial charge in [0.15, 0.2) is 0 Å². The van der Waals surface area contributed by atoms with Gasteiger partial charge in [-0.3, -0.25) is 0 Å². The number of rotatable bonds is 2. The van der Waals surface area contributed by atoms with Gasteiger partial charge in [-0.25, -0.2) is 0 Å². The zero-order valence-electron chi connectivity index (χ0n) is 14.6. The van der Waals surface area contributed by atoms with E-state index in [1.807, 2.05) is 6.08 Å². The minimum Gasteiger partial charge on any atom is -0.103 e. The van der Waals surface area contributed by atoms with Gasteiger partial charge in [-0.15, -0.1) is 6.58 Å². The lowest BCUT2D eigenvalue weighted by molar-refractivity contribution is 0.193. The van der Waals surface area contributed by atoms with Crippen LogP contribution in [0.5, 0.6) is 0 Å². The third-order valence-electron chi connectivity index (χ3n) is 4.14. The van der Waals surface area contributed by atoms with Crippen LogP contribution in [0.3, 0.4) is 0 Å². The molecule has 0 spiro atoms. The summed E-state index contributed by atoms with van der Waals surface area (Å²) in [6, 6.07) is 0. The summed E-state index contributed by atoms with van der Waals surface area (Å²) in [5.41, 5.74) is 2.43. The fourth-order valence-electron chi connectivity index (χ4n) is 0.919. The lowest BCUT2D eigenvalue weighted by Crippen LogP contribution is -2.26. The predicted octanol–water partition coefficient (Wildman–Crippen LogP) is 6.63. The summed E-state index contributed by atoms with van der Waals surface area (Å²) < 4.78 is 0. The van der Waals surface area contributed by atoms with E-state index < -0.39 is 0 Å². The monoisotopic (exact) mass is 252 g/mol. The highest BCUT2D eigenvalue weighted by Gasteiger charge is 2.28. The van der Waals surface area contributed by atoms with Crippen molar-refractivity contribution in [1.29, 1.82) is 0 Å². The molecule has 0 radical (unpaired) electrons. The molecule has 0 fully saturated rings. The molecule has 0 N–H and O–H groups in total. The first kappa shape index (κ1) is 19.8. The molecule has 0 aromatic rings. The van der Waals surface area contributed by atoms with Crippen LogP contribution < -0.4 is 0 Å². The quantitative estimate of drug-likeness (QED) is 0.484. The van der Waals surface area contributed by atoms with Crippen LogP contribution in [0.15, 0.2) is 24.3 Å². The van der Waals surface area contributed by atoms with Crippen LogP contribution in [0, 0.1) is 16.2 Å². The molecule has 0 nitrogen and oxygen atoms in total. The SMILES string of the molecule is C=CC(C)(C)C(C)(C)C.CC/C=C(\C)C(C)(C)C. The summed E-state index contributed by atoms with van der Waals surface area (Å²) in [6.07, 6.45) is 5.47. The molecule has 18 heavy (non-hydrogen) atoms. The highest BCUT2D eigenvalue weighted by atomic mass is 14.3. The van der Waals surface area contributed by atoms with Crippen molar-refractivity contribution in [3.05, 3.63) is 24.3 Å². The summed E-state index contributed by atoms with van der Waals surface area (Å²) >= 11 is 0. The molecule has 0 rings (SSSR count). The maximum atomic E-state index is 3.80. The average Bonchev–Trinajstić information content (AvgIpc) is 2.16. The molecular weight excluding hydrogens is 216 g/mol. The average molecular weight is 252 g/mol. The largest absolute Gasteiger partial charge is 0.103 e. The van der Waals surface area contributed by atoms with Crippen LogP contribution in [0.1, 0.15) is 75.7 Å². The van der Waals surface area contributed by atoms with Gasteiger partial charge in [0.2, 0.25) is 0 Å². The van der Waals surface area contributed by atoms with Crippen LogP contribution >= 0.6 is 0 Å². The van der Waals surface area contributed by atoms with Crippen molar-refractivity contribution in [3.63, 3.8) is 0 Å². The van der Waals surface area contributed by atoms with E-state index >= 15 is 0 Å². The Morgan fingerprint density at radius 3 is 1.39 bits per heavy atom. The van der Waals surface area contributed by atoms with E-state index in [0.29, 0.717) is 10.8 Å². The molecule has 0 aromatic heterocycles. The topological polar surface area (TPSA) is 0 Å². The minimum absolute atomic E-state index is 0.243. The molecule has 0 heterocycles. The van der Waals surface area contributed by atoms with Crippen molar-refractivity contribution in [2.24, 2.45) is 16.2 Å². The third kappa shape index (κ3) is 7.74. The standard InChI is InChI=1S/2C9H18/c1-7-9(5,6)8(2,3)4;1-6-7-8(2)9(3,4)5/h7H,1H2,2-6H3;7H,6H2,1-5H3/b;8-7+. The van der Waals surface area contributed by atoms with E-state index in [1.165, 1.54) is 5.57 Å². The molecule has 0 aliphatic rings. The molecule has 0 aliphatic carbocycles. The van der Waals surface area contributed by atoms with Crippen molar-refractivity contribution >= 4 is 0 Å². The minimum atomic E-state index is 0.243. The Labute approximate surface area is 117 Å². The first-order chi connectivity index (χ1) is 7.79. The van der Waals surface area contributed by atoms with Crippen LogP contribution in [-0.2, 0) is 0 Å². The summed E-state index contributed by atoms with van der Waals surface area (Å²) in [5.74, 6) is 0. The Bertz CT molecular complexity index is 263. The van der Waals surface area contributed by atoms with Gasteiger partial charge in [-0.1, -0.05) is 80.0 Å². The van der Waals surface area contributed by atoms with Gasteiger partial charge in [0.1, 0.15) is 0 Å². The van der Waals surface area contributed by atoms with Crippen molar-refractivity contribution in [1.82, 2.24) is 0 Å². The molecule has 0 aliphatic heterocycles. The first-order valence-corrected chi connectivity index (χ1v) is 7.10. The number of allylic oxidation sites excluding steroid dienone is 3. The summed E-state index contributed by atoms with van der Waals surface area (Å²) in [4.78, 5) is 0. The molecule has 0 atom stereocenters. The Hall–Kier alpha value is -0.520. The second-order valence-electron chi connectivity index (χ2n) is 7.72. The summed E-state index contributed by atoms with van der Waals surface area (Å²) in [6.45, 7) is 26.0. The lowest BCUT2D eigenvalue weighted by atomic mass is 9.70. The molecule has 108 valence electrons. The predicted molar refractivity (Wildman–Crippen MR) is 86.9 cm³/mol. The molecular formula is C18H36. The number of hydrogen-bond acceptors (Lipinski definition) is 0. The molecule has 0 amide bonds. The Balaban J connectivity index is 0. The van der Waals surface area contributed by atoms with Crippen molar-refractivity contribution in [2.45, 2.75) is 75.7 Å². The lowest BCUT2D eigenvalue weighted by Gasteiger charge is -2.35. The zero-order chi connectivity index (χ0) is 15.2. The van der Waals surface area contributed by atoms with E-state index in [0.717, 1.165) is 6.42 Å². The van der Waals surface area contributed by atoms with E-state index in [9.17, 15) is 0 Å². The molecule has 0 bridgehead atoms. The highest BCUT2D eigenvalue weighted by molar-refractivity contribution is 5.06. The second kappa shape index (κ2) is 7.16. The molecule has 0 saturated carbocycles. The van der Waals surface area contributed by atoms with Crippen LogP contribution in [0.4, 0.5) is 0 Å². The zero-order valence-corrected chi connectivity index (χ0v) is 14.6. The van der Waals surface area contributed by atoms with E-state index in [2.05, 4.69) is 81.9 Å². The molecule has 0 unspecified atom stereocenters. The van der Waals surface area contributed by atoms with E-state index in [1.54, 1.807) is 0 Å². The second-order valence-corrected chi connectivity index (χ2v) is 7.72. The van der Waals surface area contributed by atoms with E-state index in [-0.39, 0.29) is 5.41 Å². The van der Waals surface area contributed by atoms with Crippen molar-refractivity contribution in [2.75, 3.05) is 0 Å². The van der Waals surface area contributed by atoms with Gasteiger partial charge < -0.3 is 0 Å². The molecule has 0 saturated heterocycles. The van der Waals surface area contributed by atoms with Gasteiger partial charge in [0, 0.05) is 0 Å². The van der Waals surface area contributed by atoms with Gasteiger partial charge in [0.05, 0.1) is 0 Å². The highest BCUT2D eigenvalue weighted by Crippen LogP contribution is 2.38. The van der Waals surface area contributed by atoms with Crippen LogP contribution in [0.25, 0.3) is 0 Å². The maximum absolute atomic E-state index is 3.80. The smallest absolute Gasteiger partial charge is 0.0129 e. The molecule has 0 aromatic carbocycles. The first-order valence-electron chi connectivity index (χ1n) is 7.10. The summed E-state index contributed by atoms with van der Waals surface area (Å²) in [7, 11) is 0. The normalized spacial score (nSPS) is 13.8. The summed E-state index contributed by atoms with van der Waals surface area (Å²) in [5, 5.41) is 0. The fourth-order valence-corrected chi connectivity index (χ4v) is 0.919. The fraction of sp³-hybridized carbons (Fsp3) is 0.778. The van der Waals surface area contributed by atoms with Gasteiger partial charge in [0.25, 0.3) is 0 Å². The Morgan fingerprint density at radius 1 is 0.944 bits per heavy atom. The van der Waals surface area contributed by atoms with Gasteiger partial charge >= 0.3 is 0 Å². The third-order valence-corrected chi connectivity index (χ3v) is 4.14. The van der Waals surface area contributed by atoms with E-state index in [4.69, 9.17) is 0 Å². The maximum Gasteiger partial charge on any atom is -0.0129 e. The Kier molecular flexibility index (Phi) is 7.88. The number of hydrogen-bond donors (Lipinski definition) is 0.